The van der Waals surface area contributed by atoms with Gasteiger partial charge in [0.05, 0.1) is 0 Å². The SMILES string of the molecule is C1CCNC1.C1CCNC1.C1CCNC1.C1CCNC1.C1CCNC1.C1CCNC1.n1pnpnp1. The Balaban J connectivity index is 0.000000210. The van der Waals surface area contributed by atoms with E-state index in [9.17, 15) is 0 Å². The third-order valence-electron chi connectivity index (χ3n) is 5.98. The number of nitrogens with zero attached hydrogens (tertiary/aromatic N) is 3. The van der Waals surface area contributed by atoms with Gasteiger partial charge in [-0.3, -0.25) is 0 Å². The van der Waals surface area contributed by atoms with Crippen molar-refractivity contribution in [3.8, 4) is 0 Å². The molecule has 0 aliphatic carbocycles. The summed E-state index contributed by atoms with van der Waals surface area (Å²) >= 11 is 0. The van der Waals surface area contributed by atoms with Crippen LogP contribution >= 0.6 is 25.5 Å². The Bertz CT molecular complexity index is 347. The number of hydrogen-bond acceptors (Lipinski definition) is 9. The molecule has 6 fully saturated rings. The van der Waals surface area contributed by atoms with Crippen LogP contribution in [0.25, 0.3) is 0 Å². The summed E-state index contributed by atoms with van der Waals surface area (Å²) in [7, 11) is 2.49. The van der Waals surface area contributed by atoms with Crippen molar-refractivity contribution in [2.75, 3.05) is 78.5 Å². The van der Waals surface area contributed by atoms with Gasteiger partial charge in [-0.05, 0) is 156 Å². The van der Waals surface area contributed by atoms with Crippen LogP contribution in [0.2, 0.25) is 0 Å². The third-order valence-corrected chi connectivity index (χ3v) is 7.90. The Morgan fingerprint density at radius 1 is 0.250 bits per heavy atom. The summed E-state index contributed by atoms with van der Waals surface area (Å²) < 4.78 is 11.3. The summed E-state index contributed by atoms with van der Waals surface area (Å²) in [6.45, 7) is 15.0. The first-order valence-corrected chi connectivity index (χ1v) is 16.8. The van der Waals surface area contributed by atoms with E-state index in [0.717, 1.165) is 25.5 Å². The first-order valence-electron chi connectivity index (χ1n) is 14.4. The Labute approximate surface area is 226 Å². The van der Waals surface area contributed by atoms with Crippen LogP contribution in [-0.2, 0) is 0 Å². The maximum absolute atomic E-state index is 3.78. The first-order chi connectivity index (χ1) is 18.0. The van der Waals surface area contributed by atoms with Crippen molar-refractivity contribution in [2.45, 2.75) is 77.0 Å². The molecule has 0 bridgehead atoms. The predicted octanol–water partition coefficient (Wildman–Crippen LogP) is 3.83. The Morgan fingerprint density at radius 2 is 0.389 bits per heavy atom. The van der Waals surface area contributed by atoms with Crippen molar-refractivity contribution in [3.63, 3.8) is 0 Å². The predicted molar refractivity (Wildman–Crippen MR) is 160 cm³/mol. The van der Waals surface area contributed by atoms with E-state index in [2.05, 4.69) is 45.4 Å². The lowest BCUT2D eigenvalue weighted by Crippen LogP contribution is -2.03. The zero-order chi connectivity index (χ0) is 25.5. The normalized spacial score (nSPS) is 22.0. The molecule has 9 nitrogen and oxygen atoms in total. The van der Waals surface area contributed by atoms with Gasteiger partial charge >= 0.3 is 0 Å². The molecule has 1 aromatic heterocycles. The third kappa shape index (κ3) is 28.6. The van der Waals surface area contributed by atoms with Crippen molar-refractivity contribution in [2.24, 2.45) is 0 Å². The van der Waals surface area contributed by atoms with E-state index in [1.165, 1.54) is 156 Å². The molecule has 6 saturated heterocycles. The summed E-state index contributed by atoms with van der Waals surface area (Å²) in [5.41, 5.74) is 0. The average molecular weight is 562 g/mol. The average Bonchev–Trinajstić information content (AvgIpc) is 3.81. The highest BCUT2D eigenvalue weighted by atomic mass is 31.1. The lowest BCUT2D eigenvalue weighted by molar-refractivity contribution is 0.857. The quantitative estimate of drug-likeness (QED) is 0.282. The molecule has 1 aromatic rings. The van der Waals surface area contributed by atoms with E-state index in [0.29, 0.717) is 0 Å². The van der Waals surface area contributed by atoms with Crippen LogP contribution in [0.15, 0.2) is 0 Å². The van der Waals surface area contributed by atoms with Crippen LogP contribution in [-0.4, -0.2) is 92.1 Å². The Morgan fingerprint density at radius 3 is 0.444 bits per heavy atom. The standard InChI is InChI=1S/6C4H9N.N3P3/c6*1-2-4-5-3-1;1-4-2-6-3-5-1/h6*5H,1-4H2;. The second-order valence-corrected chi connectivity index (χ2v) is 12.0. The van der Waals surface area contributed by atoms with Gasteiger partial charge in [-0.15, -0.1) is 0 Å². The van der Waals surface area contributed by atoms with Crippen LogP contribution in [0.3, 0.4) is 0 Å². The zero-order valence-electron chi connectivity index (χ0n) is 22.7. The molecular weight excluding hydrogens is 507 g/mol. The minimum atomic E-state index is 0.830. The van der Waals surface area contributed by atoms with E-state index in [-0.39, 0.29) is 0 Å². The molecule has 36 heavy (non-hydrogen) atoms. The Hall–Kier alpha value is 0.0600. The fourth-order valence-electron chi connectivity index (χ4n) is 3.86. The summed E-state index contributed by atoms with van der Waals surface area (Å²) in [6, 6.07) is 0. The number of hydrogen-bond donors (Lipinski definition) is 6. The summed E-state index contributed by atoms with van der Waals surface area (Å²) in [6.07, 6.45) is 16.7. The molecule has 7 heterocycles. The topological polar surface area (TPSA) is 111 Å². The molecule has 6 aliphatic rings. The fraction of sp³-hybridized carbons (Fsp3) is 1.00. The molecule has 6 N–H and O–H groups in total. The fourth-order valence-corrected chi connectivity index (χ4v) is 5.68. The Kier molecular flexibility index (Phi) is 29.6. The molecule has 0 atom stereocenters. The summed E-state index contributed by atoms with van der Waals surface area (Å²) in [4.78, 5) is 0. The van der Waals surface area contributed by atoms with Crippen molar-refractivity contribution < 1.29 is 0 Å². The van der Waals surface area contributed by atoms with Crippen molar-refractivity contribution in [1.82, 2.24) is 45.4 Å². The highest BCUT2D eigenvalue weighted by Gasteiger charge is 1.95. The van der Waals surface area contributed by atoms with E-state index < -0.39 is 0 Å². The number of nitrogens with one attached hydrogen (secondary N) is 6. The lowest BCUT2D eigenvalue weighted by Gasteiger charge is -1.76. The number of aromatic nitrogens is 3. The monoisotopic (exact) mass is 561 g/mol. The van der Waals surface area contributed by atoms with Gasteiger partial charge in [-0.25, -0.2) is 0 Å². The van der Waals surface area contributed by atoms with Crippen LogP contribution < -0.4 is 31.9 Å². The first kappa shape index (κ1) is 34.1. The molecule has 0 amide bonds. The summed E-state index contributed by atoms with van der Waals surface area (Å²) in [5.74, 6) is 0. The second kappa shape index (κ2) is 31.3. The molecule has 210 valence electrons. The number of rotatable bonds is 0. The van der Waals surface area contributed by atoms with Crippen LogP contribution in [0.4, 0.5) is 0 Å². The van der Waals surface area contributed by atoms with Crippen molar-refractivity contribution in [3.05, 3.63) is 0 Å². The maximum Gasteiger partial charge on any atom is 0.166 e. The smallest absolute Gasteiger partial charge is 0.166 e. The van der Waals surface area contributed by atoms with E-state index in [1.807, 2.05) is 0 Å². The van der Waals surface area contributed by atoms with E-state index >= 15 is 0 Å². The lowest BCUT2D eigenvalue weighted by atomic mass is 10.4. The van der Waals surface area contributed by atoms with Gasteiger partial charge < -0.3 is 31.9 Å². The highest BCUT2D eigenvalue weighted by Crippen LogP contribution is 2.01. The molecule has 0 unspecified atom stereocenters. The zero-order valence-corrected chi connectivity index (χ0v) is 25.3. The maximum atomic E-state index is 3.78. The summed E-state index contributed by atoms with van der Waals surface area (Å²) in [5, 5.41) is 19.3. The van der Waals surface area contributed by atoms with Crippen LogP contribution in [0, 0.1) is 0 Å². The molecule has 0 saturated carbocycles. The van der Waals surface area contributed by atoms with Gasteiger partial charge in [0.15, 0.2) is 25.5 Å². The van der Waals surface area contributed by atoms with Gasteiger partial charge in [-0.1, -0.05) is 0 Å². The van der Waals surface area contributed by atoms with E-state index in [4.69, 9.17) is 0 Å². The second-order valence-electron chi connectivity index (χ2n) is 9.28. The molecule has 7 rings (SSSR count). The molecule has 6 aliphatic heterocycles. The van der Waals surface area contributed by atoms with Gasteiger partial charge in [0.2, 0.25) is 0 Å². The molecule has 0 spiro atoms. The van der Waals surface area contributed by atoms with Crippen molar-refractivity contribution in [1.29, 1.82) is 0 Å². The van der Waals surface area contributed by atoms with E-state index in [1.54, 1.807) is 0 Å². The molecule has 0 radical (unpaired) electrons. The van der Waals surface area contributed by atoms with Gasteiger partial charge in [0, 0.05) is 0 Å². The van der Waals surface area contributed by atoms with Crippen molar-refractivity contribution >= 4 is 25.5 Å². The molecular formula is C24H54N9P3. The highest BCUT2D eigenvalue weighted by molar-refractivity contribution is 7.43. The molecule has 12 heteroatoms. The van der Waals surface area contributed by atoms with Crippen LogP contribution in [0.1, 0.15) is 77.0 Å². The van der Waals surface area contributed by atoms with Gasteiger partial charge in [-0.2, -0.15) is 13.5 Å². The molecule has 0 aromatic carbocycles. The minimum Gasteiger partial charge on any atom is -0.317 e. The van der Waals surface area contributed by atoms with Crippen LogP contribution in [0.5, 0.6) is 0 Å². The van der Waals surface area contributed by atoms with Gasteiger partial charge in [0.1, 0.15) is 0 Å². The van der Waals surface area contributed by atoms with Gasteiger partial charge in [0.25, 0.3) is 0 Å². The largest absolute Gasteiger partial charge is 0.317 e. The minimum absolute atomic E-state index is 0.830.